The van der Waals surface area contributed by atoms with Crippen LogP contribution in [0.25, 0.3) is 0 Å². The number of nitrogens with one attached hydrogen (secondary N) is 1. The monoisotopic (exact) mass is 361 g/mol. The molecule has 0 aliphatic rings. The van der Waals surface area contributed by atoms with Gasteiger partial charge < -0.3 is 0 Å². The van der Waals surface area contributed by atoms with Crippen LogP contribution < -0.4 is 4.72 Å². The van der Waals surface area contributed by atoms with Crippen molar-refractivity contribution in [3.8, 4) is 0 Å². The summed E-state index contributed by atoms with van der Waals surface area (Å²) >= 11 is 8.83. The third kappa shape index (κ3) is 3.43. The van der Waals surface area contributed by atoms with E-state index in [2.05, 4.69) is 30.8 Å². The Morgan fingerprint density at radius 1 is 1.21 bits per heavy atom. The Kier molecular flexibility index (Phi) is 4.07. The molecule has 100 valence electrons. The van der Waals surface area contributed by atoms with Crippen molar-refractivity contribution in [3.63, 3.8) is 0 Å². The minimum atomic E-state index is -3.70. The van der Waals surface area contributed by atoms with Gasteiger partial charge in [-0.05, 0) is 36.8 Å². The van der Waals surface area contributed by atoms with E-state index in [0.29, 0.717) is 10.0 Å². The van der Waals surface area contributed by atoms with Gasteiger partial charge in [-0.15, -0.1) is 10.2 Å². The first kappa shape index (κ1) is 14.2. The van der Waals surface area contributed by atoms with Crippen molar-refractivity contribution in [1.82, 2.24) is 10.2 Å². The number of hydrogen-bond donors (Lipinski definition) is 1. The lowest BCUT2D eigenvalue weighted by Gasteiger charge is -2.09. The van der Waals surface area contributed by atoms with Crippen molar-refractivity contribution in [2.24, 2.45) is 0 Å². The summed E-state index contributed by atoms with van der Waals surface area (Å²) in [5.41, 5.74) is 0.637. The highest BCUT2D eigenvalue weighted by molar-refractivity contribution is 9.10. The predicted octanol–water partition coefficient (Wildman–Crippen LogP) is 3.00. The zero-order valence-electron chi connectivity index (χ0n) is 9.76. The summed E-state index contributed by atoms with van der Waals surface area (Å²) in [7, 11) is -3.70. The summed E-state index contributed by atoms with van der Waals surface area (Å²) in [6, 6.07) is 7.92. The molecule has 0 unspecified atom stereocenters. The highest BCUT2D eigenvalue weighted by Gasteiger charge is 2.18. The van der Waals surface area contributed by atoms with Crippen LogP contribution in [0.5, 0.6) is 0 Å². The first-order valence-corrected chi connectivity index (χ1v) is 7.82. The molecule has 1 aromatic heterocycles. The molecule has 2 aromatic rings. The number of benzene rings is 1. The summed E-state index contributed by atoms with van der Waals surface area (Å²) in [6.45, 7) is 1.72. The molecule has 0 spiro atoms. The van der Waals surface area contributed by atoms with E-state index in [1.807, 2.05) is 0 Å². The van der Waals surface area contributed by atoms with E-state index in [4.69, 9.17) is 11.6 Å². The summed E-state index contributed by atoms with van der Waals surface area (Å²) in [6.07, 6.45) is 0. The van der Waals surface area contributed by atoms with Crippen molar-refractivity contribution in [2.75, 3.05) is 4.72 Å². The van der Waals surface area contributed by atoms with Crippen molar-refractivity contribution < 1.29 is 8.42 Å². The number of halogens is 2. The van der Waals surface area contributed by atoms with Gasteiger partial charge in [0.2, 0.25) is 0 Å². The fourth-order valence-electron chi connectivity index (χ4n) is 1.43. The summed E-state index contributed by atoms with van der Waals surface area (Å²) in [5.74, 6) is 0.115. The second-order valence-corrected chi connectivity index (χ2v) is 6.71. The third-order valence-electron chi connectivity index (χ3n) is 2.31. The van der Waals surface area contributed by atoms with Gasteiger partial charge in [-0.3, -0.25) is 4.72 Å². The summed E-state index contributed by atoms with van der Waals surface area (Å²) < 4.78 is 27.5. The lowest BCUT2D eigenvalue weighted by atomic mass is 10.2. The Morgan fingerprint density at radius 3 is 2.58 bits per heavy atom. The van der Waals surface area contributed by atoms with Gasteiger partial charge in [-0.2, -0.15) is 0 Å². The zero-order valence-corrected chi connectivity index (χ0v) is 12.9. The van der Waals surface area contributed by atoms with E-state index in [1.165, 1.54) is 18.2 Å². The maximum Gasteiger partial charge on any atom is 0.263 e. The maximum absolute atomic E-state index is 12.2. The smallest absolute Gasteiger partial charge is 0.262 e. The molecule has 0 amide bonds. The molecule has 0 aliphatic carbocycles. The van der Waals surface area contributed by atoms with E-state index in [9.17, 15) is 8.42 Å². The lowest BCUT2D eigenvalue weighted by Crippen LogP contribution is -2.15. The van der Waals surface area contributed by atoms with Gasteiger partial charge in [0.1, 0.15) is 0 Å². The standard InChI is InChI=1S/C11H9BrClN3O2S/c1-7-2-3-8(12)6-9(7)19(17,18)16-11-5-4-10(13)14-15-11/h2-6H,1H3,(H,15,16). The summed E-state index contributed by atoms with van der Waals surface area (Å²) in [4.78, 5) is 0.179. The molecule has 0 radical (unpaired) electrons. The van der Waals surface area contributed by atoms with E-state index < -0.39 is 10.0 Å². The van der Waals surface area contributed by atoms with Crippen LogP contribution in [0.4, 0.5) is 5.82 Å². The Bertz CT molecular complexity index is 704. The molecule has 0 saturated carbocycles. The second-order valence-electron chi connectivity index (χ2n) is 3.76. The van der Waals surface area contributed by atoms with Gasteiger partial charge in [0.05, 0.1) is 4.90 Å². The van der Waals surface area contributed by atoms with Gasteiger partial charge in [0.15, 0.2) is 11.0 Å². The molecule has 1 heterocycles. The fraction of sp³-hybridized carbons (Fsp3) is 0.0909. The number of aryl methyl sites for hydroxylation is 1. The van der Waals surface area contributed by atoms with E-state index in [1.54, 1.807) is 19.1 Å². The van der Waals surface area contributed by atoms with Gasteiger partial charge in [-0.25, -0.2) is 8.42 Å². The third-order valence-corrected chi connectivity index (χ3v) is 4.50. The van der Waals surface area contributed by atoms with Crippen molar-refractivity contribution in [2.45, 2.75) is 11.8 Å². The lowest BCUT2D eigenvalue weighted by molar-refractivity contribution is 0.600. The first-order chi connectivity index (χ1) is 8.88. The molecule has 8 heteroatoms. The molecule has 19 heavy (non-hydrogen) atoms. The second kappa shape index (κ2) is 5.44. The number of sulfonamides is 1. The van der Waals surface area contributed by atoms with Crippen molar-refractivity contribution >= 4 is 43.4 Å². The maximum atomic E-state index is 12.2. The quantitative estimate of drug-likeness (QED) is 0.911. The molecule has 1 aromatic carbocycles. The number of hydrogen-bond acceptors (Lipinski definition) is 4. The molecule has 2 rings (SSSR count). The number of rotatable bonds is 3. The summed E-state index contributed by atoms with van der Waals surface area (Å²) in [5, 5.41) is 7.43. The molecule has 0 atom stereocenters. The molecule has 0 bridgehead atoms. The fourth-order valence-corrected chi connectivity index (χ4v) is 3.31. The van der Waals surface area contributed by atoms with Gasteiger partial charge in [-0.1, -0.05) is 33.6 Å². The van der Waals surface area contributed by atoms with Crippen LogP contribution in [-0.2, 0) is 10.0 Å². The molecule has 0 saturated heterocycles. The van der Waals surface area contributed by atoms with E-state index in [0.717, 1.165) is 0 Å². The largest absolute Gasteiger partial charge is 0.263 e. The van der Waals surface area contributed by atoms with Crippen LogP contribution in [0, 0.1) is 6.92 Å². The Labute approximate surface area is 124 Å². The number of aromatic nitrogens is 2. The molecule has 1 N–H and O–H groups in total. The highest BCUT2D eigenvalue weighted by Crippen LogP contribution is 2.22. The Morgan fingerprint density at radius 2 is 1.95 bits per heavy atom. The minimum Gasteiger partial charge on any atom is -0.262 e. The average molecular weight is 363 g/mol. The van der Waals surface area contributed by atoms with Gasteiger partial charge in [0.25, 0.3) is 10.0 Å². The highest BCUT2D eigenvalue weighted by atomic mass is 79.9. The van der Waals surface area contributed by atoms with E-state index >= 15 is 0 Å². The van der Waals surface area contributed by atoms with Crippen LogP contribution in [0.2, 0.25) is 5.15 Å². The molecule has 0 aliphatic heterocycles. The average Bonchev–Trinajstić information content (AvgIpc) is 2.35. The van der Waals surface area contributed by atoms with Gasteiger partial charge >= 0.3 is 0 Å². The molecule has 0 fully saturated rings. The topological polar surface area (TPSA) is 72.0 Å². The molecule has 5 nitrogen and oxygen atoms in total. The van der Waals surface area contributed by atoms with Crippen LogP contribution >= 0.6 is 27.5 Å². The van der Waals surface area contributed by atoms with Crippen LogP contribution in [0.15, 0.2) is 39.7 Å². The SMILES string of the molecule is Cc1ccc(Br)cc1S(=O)(=O)Nc1ccc(Cl)nn1. The zero-order chi connectivity index (χ0) is 14.0. The van der Waals surface area contributed by atoms with Crippen LogP contribution in [0.3, 0.4) is 0 Å². The number of anilines is 1. The Hall–Kier alpha value is -1.18. The van der Waals surface area contributed by atoms with Crippen LogP contribution in [-0.4, -0.2) is 18.6 Å². The van der Waals surface area contributed by atoms with Crippen LogP contribution in [0.1, 0.15) is 5.56 Å². The van der Waals surface area contributed by atoms with Crippen molar-refractivity contribution in [3.05, 3.63) is 45.5 Å². The first-order valence-electron chi connectivity index (χ1n) is 5.17. The van der Waals surface area contributed by atoms with Gasteiger partial charge in [0, 0.05) is 4.47 Å². The normalized spacial score (nSPS) is 11.3. The predicted molar refractivity (Wildman–Crippen MR) is 76.7 cm³/mol. The number of nitrogens with zero attached hydrogens (tertiary/aromatic N) is 2. The van der Waals surface area contributed by atoms with Crippen molar-refractivity contribution in [1.29, 1.82) is 0 Å². The molecular weight excluding hydrogens is 354 g/mol. The minimum absolute atomic E-state index is 0.115. The van der Waals surface area contributed by atoms with E-state index in [-0.39, 0.29) is 15.9 Å². The molecular formula is C11H9BrClN3O2S. The Balaban J connectivity index is 2.37.